The molecule has 0 rings (SSSR count). The largest absolute Gasteiger partial charge is 0.270 e. The second kappa shape index (κ2) is 8.24. The smallest absolute Gasteiger partial charge is 0.267 e. The fourth-order valence-electron chi connectivity index (χ4n) is 1.20. The molecule has 0 aliphatic carbocycles. The van der Waals surface area contributed by atoms with E-state index >= 15 is 0 Å². The maximum Gasteiger partial charge on any atom is 0.267 e. The first-order chi connectivity index (χ1) is 6.62. The Morgan fingerprint density at radius 2 is 1.57 bits per heavy atom. The summed E-state index contributed by atoms with van der Waals surface area (Å²) in [6, 6.07) is 0. The summed E-state index contributed by atoms with van der Waals surface area (Å²) in [5.74, 6) is 0.141. The number of rotatable bonds is 9. The summed E-state index contributed by atoms with van der Waals surface area (Å²) < 4.78 is 27.0. The molecule has 3 nitrogen and oxygen atoms in total. The van der Waals surface area contributed by atoms with Gasteiger partial charge in [0, 0.05) is 0 Å². The fourth-order valence-corrected chi connectivity index (χ4v) is 2.19. The Bertz CT molecular complexity index is 209. The van der Waals surface area contributed by atoms with Gasteiger partial charge in [0.2, 0.25) is 0 Å². The van der Waals surface area contributed by atoms with E-state index in [1.807, 2.05) is 6.92 Å². The zero-order valence-corrected chi connectivity index (χ0v) is 10.1. The first-order valence-electron chi connectivity index (χ1n) is 5.49. The van der Waals surface area contributed by atoms with Crippen LogP contribution in [0.3, 0.4) is 0 Å². The van der Waals surface area contributed by atoms with Crippen molar-refractivity contribution in [3.63, 3.8) is 0 Å². The van der Waals surface area contributed by atoms with Crippen LogP contribution in [0.2, 0.25) is 0 Å². The van der Waals surface area contributed by atoms with Gasteiger partial charge in [-0.15, -0.1) is 0 Å². The fraction of sp³-hybridized carbons (Fsp3) is 1.00. The summed E-state index contributed by atoms with van der Waals surface area (Å²) in [6.45, 7) is 4.34. The molecule has 0 atom stereocenters. The highest BCUT2D eigenvalue weighted by molar-refractivity contribution is 7.86. The normalized spacial score (nSPS) is 11.9. The van der Waals surface area contributed by atoms with Crippen molar-refractivity contribution in [3.8, 4) is 0 Å². The maximum atomic E-state index is 11.1. The standard InChI is InChI=1S/C10H22O3S/c1-3-5-6-7-8-9-13-14(11,12)10-4-2/h3-10H2,1-2H3. The summed E-state index contributed by atoms with van der Waals surface area (Å²) in [4.78, 5) is 0. The van der Waals surface area contributed by atoms with Crippen LogP contribution in [-0.2, 0) is 14.3 Å². The molecule has 0 fully saturated rings. The van der Waals surface area contributed by atoms with Crippen LogP contribution in [0.5, 0.6) is 0 Å². The molecule has 0 bridgehead atoms. The maximum absolute atomic E-state index is 11.1. The van der Waals surface area contributed by atoms with Crippen LogP contribution in [0, 0.1) is 0 Å². The van der Waals surface area contributed by atoms with Crippen molar-refractivity contribution in [3.05, 3.63) is 0 Å². The van der Waals surface area contributed by atoms with Crippen LogP contribution in [0.15, 0.2) is 0 Å². The summed E-state index contributed by atoms with van der Waals surface area (Å²) in [6.07, 6.45) is 6.14. The third-order valence-electron chi connectivity index (χ3n) is 1.96. The van der Waals surface area contributed by atoms with Gasteiger partial charge in [0.05, 0.1) is 12.4 Å². The van der Waals surface area contributed by atoms with E-state index in [0.717, 1.165) is 12.8 Å². The molecule has 0 aliphatic heterocycles. The predicted molar refractivity (Wildman–Crippen MR) is 58.8 cm³/mol. The average molecular weight is 222 g/mol. The lowest BCUT2D eigenvalue weighted by Crippen LogP contribution is -2.10. The van der Waals surface area contributed by atoms with Gasteiger partial charge in [0.15, 0.2) is 0 Å². The van der Waals surface area contributed by atoms with Gasteiger partial charge < -0.3 is 0 Å². The molecule has 86 valence electrons. The molecule has 0 radical (unpaired) electrons. The summed E-state index contributed by atoms with van der Waals surface area (Å²) in [5.41, 5.74) is 0. The first kappa shape index (κ1) is 13.9. The lowest BCUT2D eigenvalue weighted by Gasteiger charge is -2.03. The molecule has 0 saturated heterocycles. The third kappa shape index (κ3) is 8.51. The van der Waals surface area contributed by atoms with Crippen molar-refractivity contribution in [1.82, 2.24) is 0 Å². The van der Waals surface area contributed by atoms with E-state index in [1.165, 1.54) is 19.3 Å². The minimum absolute atomic E-state index is 0.141. The molecule has 4 heteroatoms. The van der Waals surface area contributed by atoms with Gasteiger partial charge in [-0.2, -0.15) is 8.42 Å². The van der Waals surface area contributed by atoms with Gasteiger partial charge >= 0.3 is 0 Å². The highest BCUT2D eigenvalue weighted by atomic mass is 32.2. The minimum atomic E-state index is -3.22. The molecule has 0 heterocycles. The topological polar surface area (TPSA) is 43.4 Å². The second-order valence-electron chi connectivity index (χ2n) is 3.50. The lowest BCUT2D eigenvalue weighted by molar-refractivity contribution is 0.306. The Labute approximate surface area is 88.0 Å². The van der Waals surface area contributed by atoms with E-state index in [4.69, 9.17) is 4.18 Å². The molecule has 0 aliphatic rings. The van der Waals surface area contributed by atoms with E-state index in [0.29, 0.717) is 13.0 Å². The quantitative estimate of drug-likeness (QED) is 0.445. The molecule has 0 aromatic carbocycles. The average Bonchev–Trinajstić information content (AvgIpc) is 2.11. The van der Waals surface area contributed by atoms with E-state index < -0.39 is 10.1 Å². The molecule has 0 unspecified atom stereocenters. The SMILES string of the molecule is CCCCCCCOS(=O)(=O)CCC. The first-order valence-corrected chi connectivity index (χ1v) is 7.07. The second-order valence-corrected chi connectivity index (χ2v) is 5.26. The van der Waals surface area contributed by atoms with Gasteiger partial charge in [0.25, 0.3) is 10.1 Å². The van der Waals surface area contributed by atoms with Crippen LogP contribution in [-0.4, -0.2) is 20.8 Å². The molecule has 0 N–H and O–H groups in total. The Morgan fingerprint density at radius 3 is 2.14 bits per heavy atom. The highest BCUT2D eigenvalue weighted by Gasteiger charge is 2.08. The van der Waals surface area contributed by atoms with Gasteiger partial charge in [-0.3, -0.25) is 4.18 Å². The van der Waals surface area contributed by atoms with Crippen molar-refractivity contribution >= 4 is 10.1 Å². The van der Waals surface area contributed by atoms with E-state index in [9.17, 15) is 8.42 Å². The molecule has 0 spiro atoms. The van der Waals surface area contributed by atoms with Gasteiger partial charge in [-0.05, 0) is 12.8 Å². The van der Waals surface area contributed by atoms with Gasteiger partial charge in [-0.1, -0.05) is 39.5 Å². The van der Waals surface area contributed by atoms with Gasteiger partial charge in [-0.25, -0.2) is 0 Å². The van der Waals surface area contributed by atoms with E-state index in [-0.39, 0.29) is 5.75 Å². The zero-order valence-electron chi connectivity index (χ0n) is 9.29. The van der Waals surface area contributed by atoms with Crippen LogP contribution in [0.4, 0.5) is 0 Å². The molecule has 0 saturated carbocycles. The van der Waals surface area contributed by atoms with E-state index in [1.54, 1.807) is 0 Å². The number of hydrogen-bond acceptors (Lipinski definition) is 3. The summed E-state index contributed by atoms with van der Waals surface area (Å²) in [5, 5.41) is 0. The van der Waals surface area contributed by atoms with Crippen molar-refractivity contribution in [2.45, 2.75) is 52.4 Å². The molecule has 0 amide bonds. The van der Waals surface area contributed by atoms with Crippen LogP contribution in [0.1, 0.15) is 52.4 Å². The van der Waals surface area contributed by atoms with E-state index in [2.05, 4.69) is 6.92 Å². The molecule has 14 heavy (non-hydrogen) atoms. The molecular weight excluding hydrogens is 200 g/mol. The lowest BCUT2D eigenvalue weighted by atomic mass is 10.2. The van der Waals surface area contributed by atoms with Crippen molar-refractivity contribution < 1.29 is 12.6 Å². The number of unbranched alkanes of at least 4 members (excludes halogenated alkanes) is 4. The van der Waals surface area contributed by atoms with Crippen LogP contribution < -0.4 is 0 Å². The Kier molecular flexibility index (Phi) is 8.18. The zero-order chi connectivity index (χ0) is 10.9. The van der Waals surface area contributed by atoms with Gasteiger partial charge in [0.1, 0.15) is 0 Å². The van der Waals surface area contributed by atoms with Crippen molar-refractivity contribution in [2.24, 2.45) is 0 Å². The Balaban J connectivity index is 3.35. The summed E-state index contributed by atoms with van der Waals surface area (Å²) in [7, 11) is -3.22. The molecule has 0 aromatic rings. The highest BCUT2D eigenvalue weighted by Crippen LogP contribution is 2.04. The number of hydrogen-bond donors (Lipinski definition) is 0. The molecule has 0 aromatic heterocycles. The van der Waals surface area contributed by atoms with Crippen molar-refractivity contribution in [2.75, 3.05) is 12.4 Å². The van der Waals surface area contributed by atoms with Crippen LogP contribution in [0.25, 0.3) is 0 Å². The monoisotopic (exact) mass is 222 g/mol. The minimum Gasteiger partial charge on any atom is -0.270 e. The van der Waals surface area contributed by atoms with Crippen molar-refractivity contribution in [1.29, 1.82) is 0 Å². The van der Waals surface area contributed by atoms with Crippen LogP contribution >= 0.6 is 0 Å². The third-order valence-corrected chi connectivity index (χ3v) is 3.40. The molecular formula is C10H22O3S. The summed E-state index contributed by atoms with van der Waals surface area (Å²) >= 11 is 0. The Hall–Kier alpha value is -0.0900. The predicted octanol–water partition coefficient (Wildman–Crippen LogP) is 2.71. The Morgan fingerprint density at radius 1 is 0.929 bits per heavy atom.